The number of ether oxygens (including phenoxy) is 2. The summed E-state index contributed by atoms with van der Waals surface area (Å²) in [6, 6.07) is 16.2. The Kier molecular flexibility index (Phi) is 6.97. The first kappa shape index (κ1) is 21.0. The van der Waals surface area contributed by atoms with Crippen molar-refractivity contribution in [2.24, 2.45) is 4.99 Å². The summed E-state index contributed by atoms with van der Waals surface area (Å²) in [5, 5.41) is 7.70. The summed E-state index contributed by atoms with van der Waals surface area (Å²) in [6.07, 6.45) is 3.71. The molecule has 4 rings (SSSR count). The van der Waals surface area contributed by atoms with Gasteiger partial charge in [-0.25, -0.2) is 4.68 Å². The lowest BCUT2D eigenvalue weighted by Gasteiger charge is -2.22. The Morgan fingerprint density at radius 1 is 1.14 bits per heavy atom. The molecule has 3 aromatic rings. The molecule has 1 aliphatic rings. The third-order valence-corrected chi connectivity index (χ3v) is 4.56. The van der Waals surface area contributed by atoms with Crippen LogP contribution in [-0.4, -0.2) is 41.5 Å². The van der Waals surface area contributed by atoms with E-state index in [1.165, 1.54) is 0 Å². The molecule has 2 aromatic carbocycles. The van der Waals surface area contributed by atoms with E-state index >= 15 is 0 Å². The Morgan fingerprint density at radius 2 is 2.00 bits per heavy atom. The number of guanidine groups is 1. The van der Waals surface area contributed by atoms with Crippen molar-refractivity contribution in [1.29, 1.82) is 0 Å². The fourth-order valence-electron chi connectivity index (χ4n) is 3.18. The Labute approximate surface area is 187 Å². The van der Waals surface area contributed by atoms with Crippen LogP contribution in [0.4, 0.5) is 0 Å². The summed E-state index contributed by atoms with van der Waals surface area (Å²) >= 11 is 0. The van der Waals surface area contributed by atoms with Crippen LogP contribution in [0.1, 0.15) is 11.1 Å². The smallest absolute Gasteiger partial charge is 0.231 e. The average molecular weight is 505 g/mol. The highest BCUT2D eigenvalue weighted by Crippen LogP contribution is 2.32. The molecule has 0 radical (unpaired) electrons. The van der Waals surface area contributed by atoms with Crippen molar-refractivity contribution in [1.82, 2.24) is 20.0 Å². The molecule has 0 spiro atoms. The van der Waals surface area contributed by atoms with Gasteiger partial charge in [-0.3, -0.25) is 4.99 Å². The van der Waals surface area contributed by atoms with Crippen LogP contribution in [0.3, 0.4) is 0 Å². The Morgan fingerprint density at radius 3 is 2.79 bits per heavy atom. The maximum Gasteiger partial charge on any atom is 0.231 e. The van der Waals surface area contributed by atoms with Crippen LogP contribution >= 0.6 is 24.0 Å². The van der Waals surface area contributed by atoms with E-state index in [0.29, 0.717) is 13.1 Å². The molecule has 0 fully saturated rings. The molecular weight excluding hydrogens is 481 g/mol. The molecule has 7 nitrogen and oxygen atoms in total. The maximum absolute atomic E-state index is 5.46. The predicted molar refractivity (Wildman–Crippen MR) is 123 cm³/mol. The van der Waals surface area contributed by atoms with Gasteiger partial charge in [0.2, 0.25) is 6.79 Å². The minimum atomic E-state index is 0. The second-order valence-corrected chi connectivity index (χ2v) is 6.56. The highest BCUT2D eigenvalue weighted by atomic mass is 127. The normalized spacial score (nSPS) is 12.4. The van der Waals surface area contributed by atoms with Crippen molar-refractivity contribution < 1.29 is 9.47 Å². The molecule has 1 N–H and O–H groups in total. The summed E-state index contributed by atoms with van der Waals surface area (Å²) in [7, 11) is 3.80. The summed E-state index contributed by atoms with van der Waals surface area (Å²) < 4.78 is 12.7. The number of hydrogen-bond donors (Lipinski definition) is 1. The fourth-order valence-corrected chi connectivity index (χ4v) is 3.18. The van der Waals surface area contributed by atoms with Crippen molar-refractivity contribution in [3.63, 3.8) is 0 Å². The first-order valence-electron chi connectivity index (χ1n) is 9.12. The molecule has 0 amide bonds. The molecule has 152 valence electrons. The zero-order valence-electron chi connectivity index (χ0n) is 16.4. The molecule has 0 saturated carbocycles. The number of fused-ring (bicyclic) bond motifs is 1. The number of hydrogen-bond acceptors (Lipinski definition) is 4. The minimum absolute atomic E-state index is 0. The molecule has 0 unspecified atom stereocenters. The molecule has 29 heavy (non-hydrogen) atoms. The zero-order valence-corrected chi connectivity index (χ0v) is 18.7. The van der Waals surface area contributed by atoms with Crippen molar-refractivity contribution >= 4 is 29.9 Å². The van der Waals surface area contributed by atoms with Crippen LogP contribution < -0.4 is 14.8 Å². The van der Waals surface area contributed by atoms with Gasteiger partial charge >= 0.3 is 0 Å². The van der Waals surface area contributed by atoms with Gasteiger partial charge in [0.25, 0.3) is 0 Å². The molecule has 0 bridgehead atoms. The van der Waals surface area contributed by atoms with Crippen molar-refractivity contribution in [3.05, 3.63) is 72.1 Å². The second kappa shape index (κ2) is 9.64. The number of benzene rings is 2. The zero-order chi connectivity index (χ0) is 19.3. The van der Waals surface area contributed by atoms with Gasteiger partial charge in [-0.15, -0.1) is 24.0 Å². The quantitative estimate of drug-likeness (QED) is 0.327. The number of rotatable bonds is 5. The number of aliphatic imine (C=N–C) groups is 1. The van der Waals surface area contributed by atoms with Gasteiger partial charge in [-0.05, 0) is 41.5 Å². The summed E-state index contributed by atoms with van der Waals surface area (Å²) in [6.45, 7) is 1.67. The number of nitrogens with zero attached hydrogens (tertiary/aromatic N) is 4. The van der Waals surface area contributed by atoms with E-state index < -0.39 is 0 Å². The standard InChI is InChI=1S/C21H23N5O2.HI/c1-22-21(25(2)14-17-7-8-19-20(12-17)28-15-27-19)23-13-16-5-3-6-18(11-16)26-10-4-9-24-26;/h3-12H,13-15H2,1-2H3,(H,22,23);1H. The monoisotopic (exact) mass is 505 g/mol. The van der Waals surface area contributed by atoms with E-state index in [2.05, 4.69) is 32.4 Å². The van der Waals surface area contributed by atoms with Crippen LogP contribution in [-0.2, 0) is 13.1 Å². The molecule has 8 heteroatoms. The first-order chi connectivity index (χ1) is 13.7. The van der Waals surface area contributed by atoms with E-state index in [9.17, 15) is 0 Å². The Bertz CT molecular complexity index is 975. The molecular formula is C21H24IN5O2. The van der Waals surface area contributed by atoms with Crippen LogP contribution in [0, 0.1) is 0 Å². The van der Waals surface area contributed by atoms with E-state index in [1.807, 2.05) is 54.3 Å². The molecule has 0 saturated heterocycles. The first-order valence-corrected chi connectivity index (χ1v) is 9.12. The predicted octanol–water partition coefficient (Wildman–Crippen LogP) is 3.43. The van der Waals surface area contributed by atoms with Gasteiger partial charge in [0.1, 0.15) is 0 Å². The van der Waals surface area contributed by atoms with Crippen LogP contribution in [0.25, 0.3) is 5.69 Å². The molecule has 2 heterocycles. The van der Waals surface area contributed by atoms with Crippen molar-refractivity contribution in [3.8, 4) is 17.2 Å². The van der Waals surface area contributed by atoms with Crippen molar-refractivity contribution in [2.45, 2.75) is 13.1 Å². The van der Waals surface area contributed by atoms with Gasteiger partial charge < -0.3 is 19.7 Å². The second-order valence-electron chi connectivity index (χ2n) is 6.56. The lowest BCUT2D eigenvalue weighted by molar-refractivity contribution is 0.174. The van der Waals surface area contributed by atoms with Gasteiger partial charge in [0.15, 0.2) is 17.5 Å². The number of aromatic nitrogens is 2. The van der Waals surface area contributed by atoms with E-state index in [0.717, 1.165) is 34.3 Å². The van der Waals surface area contributed by atoms with E-state index in [-0.39, 0.29) is 30.8 Å². The van der Waals surface area contributed by atoms with Crippen molar-refractivity contribution in [2.75, 3.05) is 20.9 Å². The number of nitrogens with one attached hydrogen (secondary N) is 1. The van der Waals surface area contributed by atoms with Crippen LogP contribution in [0.2, 0.25) is 0 Å². The third-order valence-electron chi connectivity index (χ3n) is 4.56. The largest absolute Gasteiger partial charge is 0.454 e. The highest BCUT2D eigenvalue weighted by molar-refractivity contribution is 14.0. The van der Waals surface area contributed by atoms with Crippen LogP contribution in [0.15, 0.2) is 65.9 Å². The molecule has 1 aliphatic heterocycles. The summed E-state index contributed by atoms with van der Waals surface area (Å²) in [4.78, 5) is 6.48. The molecule has 0 atom stereocenters. The average Bonchev–Trinajstić information content (AvgIpc) is 3.40. The summed E-state index contributed by atoms with van der Waals surface area (Å²) in [5.74, 6) is 2.41. The van der Waals surface area contributed by atoms with Gasteiger partial charge in [0.05, 0.1) is 5.69 Å². The Hall–Kier alpha value is -2.75. The molecule has 0 aliphatic carbocycles. The van der Waals surface area contributed by atoms with Gasteiger partial charge in [-0.1, -0.05) is 18.2 Å². The lowest BCUT2D eigenvalue weighted by atomic mass is 10.2. The van der Waals surface area contributed by atoms with E-state index in [4.69, 9.17) is 9.47 Å². The maximum atomic E-state index is 5.46. The Balaban J connectivity index is 0.00000240. The molecule has 1 aromatic heterocycles. The minimum Gasteiger partial charge on any atom is -0.454 e. The third kappa shape index (κ3) is 5.00. The van der Waals surface area contributed by atoms with Gasteiger partial charge in [-0.2, -0.15) is 5.10 Å². The van der Waals surface area contributed by atoms with E-state index in [1.54, 1.807) is 13.2 Å². The SMILES string of the molecule is CN=C(NCc1cccc(-n2cccn2)c1)N(C)Cc1ccc2c(c1)OCO2.I. The van der Waals surface area contributed by atoms with Crippen LogP contribution in [0.5, 0.6) is 11.5 Å². The topological polar surface area (TPSA) is 63.9 Å². The fraction of sp³-hybridized carbons (Fsp3) is 0.238. The number of halogens is 1. The summed E-state index contributed by atoms with van der Waals surface area (Å²) in [5.41, 5.74) is 3.33. The van der Waals surface area contributed by atoms with Gasteiger partial charge in [0, 0.05) is 39.6 Å². The lowest BCUT2D eigenvalue weighted by Crippen LogP contribution is -2.38. The highest BCUT2D eigenvalue weighted by Gasteiger charge is 2.14.